The molecule has 1 N–H and O–H groups in total. The van der Waals surface area contributed by atoms with Gasteiger partial charge in [0.1, 0.15) is 5.82 Å². The van der Waals surface area contributed by atoms with Gasteiger partial charge >= 0.3 is 0 Å². The third kappa shape index (κ3) is 3.08. The predicted molar refractivity (Wildman–Crippen MR) is 108 cm³/mol. The van der Waals surface area contributed by atoms with E-state index in [1.165, 1.54) is 12.1 Å². The number of hydrogen-bond acceptors (Lipinski definition) is 2. The average molecular weight is 457 g/mol. The molecule has 0 unspecified atom stereocenters. The molecule has 4 nitrogen and oxygen atoms in total. The van der Waals surface area contributed by atoms with Crippen LogP contribution in [-0.4, -0.2) is 15.5 Å². The van der Waals surface area contributed by atoms with Gasteiger partial charge in [-0.3, -0.25) is 9.36 Å². The Morgan fingerprint density at radius 2 is 1.65 bits per heavy atom. The van der Waals surface area contributed by atoms with Crippen molar-refractivity contribution in [3.8, 4) is 5.69 Å². The smallest absolute Gasteiger partial charge is 0.258 e. The predicted octanol–water partition coefficient (Wildman–Crippen LogP) is 5.02. The summed E-state index contributed by atoms with van der Waals surface area (Å²) in [5.41, 5.74) is 3.49. The highest BCUT2D eigenvalue weighted by Crippen LogP contribution is 2.24. The molecule has 0 atom stereocenters. The highest BCUT2D eigenvalue weighted by Gasteiger charge is 2.12. The van der Waals surface area contributed by atoms with E-state index in [0.29, 0.717) is 5.69 Å². The number of nitrogens with one attached hydrogen (secondary N) is 1. The molecule has 26 heavy (non-hydrogen) atoms. The van der Waals surface area contributed by atoms with Crippen LogP contribution in [0.25, 0.3) is 16.7 Å². The maximum Gasteiger partial charge on any atom is 0.258 e. The second-order valence-electron chi connectivity index (χ2n) is 5.69. The van der Waals surface area contributed by atoms with E-state index in [1.807, 2.05) is 41.0 Å². The summed E-state index contributed by atoms with van der Waals surface area (Å²) in [6, 6.07) is 21.2. The Hall–Kier alpha value is -2.74. The zero-order valence-electron chi connectivity index (χ0n) is 13.5. The molecule has 0 saturated heterocycles. The molecule has 3 aromatic carbocycles. The van der Waals surface area contributed by atoms with Crippen molar-refractivity contribution >= 4 is 45.2 Å². The van der Waals surface area contributed by atoms with Gasteiger partial charge in [0.05, 0.1) is 16.6 Å². The van der Waals surface area contributed by atoms with E-state index in [9.17, 15) is 9.18 Å². The van der Waals surface area contributed by atoms with Crippen molar-refractivity contribution in [2.45, 2.75) is 0 Å². The fraction of sp³-hybridized carbons (Fsp3) is 0. The summed E-state index contributed by atoms with van der Waals surface area (Å²) in [7, 11) is 0. The van der Waals surface area contributed by atoms with Crippen molar-refractivity contribution in [1.82, 2.24) is 9.55 Å². The fourth-order valence-electron chi connectivity index (χ4n) is 2.78. The molecule has 0 aliphatic heterocycles. The molecule has 0 fully saturated rings. The lowest BCUT2D eigenvalue weighted by Crippen LogP contribution is -2.13. The molecule has 0 spiro atoms. The highest BCUT2D eigenvalue weighted by atomic mass is 127. The zero-order valence-corrected chi connectivity index (χ0v) is 15.6. The highest BCUT2D eigenvalue weighted by molar-refractivity contribution is 14.1. The van der Waals surface area contributed by atoms with E-state index < -0.39 is 11.7 Å². The normalized spacial score (nSPS) is 10.8. The molecule has 0 radical (unpaired) electrons. The molecule has 0 aliphatic rings. The van der Waals surface area contributed by atoms with Gasteiger partial charge in [-0.25, -0.2) is 9.37 Å². The van der Waals surface area contributed by atoms with E-state index in [-0.39, 0.29) is 5.56 Å². The molecular weight excluding hydrogens is 444 g/mol. The number of amides is 1. The first-order valence-electron chi connectivity index (χ1n) is 7.93. The van der Waals surface area contributed by atoms with Gasteiger partial charge < -0.3 is 5.32 Å². The SMILES string of the molecule is O=C(Nc1ccc(-n2c(I)nc3ccccc32)cc1)c1ccccc1F. The van der Waals surface area contributed by atoms with E-state index in [0.717, 1.165) is 20.6 Å². The number of imidazole rings is 1. The molecule has 0 saturated carbocycles. The van der Waals surface area contributed by atoms with Crippen LogP contribution in [0.15, 0.2) is 72.8 Å². The van der Waals surface area contributed by atoms with Gasteiger partial charge in [-0.05, 0) is 48.5 Å². The minimum Gasteiger partial charge on any atom is -0.322 e. The van der Waals surface area contributed by atoms with Crippen LogP contribution in [0.2, 0.25) is 0 Å². The minimum atomic E-state index is -0.541. The summed E-state index contributed by atoms with van der Waals surface area (Å²) in [6.07, 6.45) is 0. The summed E-state index contributed by atoms with van der Waals surface area (Å²) in [4.78, 5) is 16.8. The lowest BCUT2D eigenvalue weighted by Gasteiger charge is -2.09. The zero-order chi connectivity index (χ0) is 18.1. The quantitative estimate of drug-likeness (QED) is 0.440. The number of aromatic nitrogens is 2. The van der Waals surface area contributed by atoms with Crippen molar-refractivity contribution in [3.05, 3.63) is 88.0 Å². The lowest BCUT2D eigenvalue weighted by molar-refractivity contribution is 0.102. The Kier molecular flexibility index (Phi) is 4.42. The topological polar surface area (TPSA) is 46.9 Å². The first kappa shape index (κ1) is 16.7. The number of benzene rings is 3. The van der Waals surface area contributed by atoms with Crippen molar-refractivity contribution < 1.29 is 9.18 Å². The molecule has 0 bridgehead atoms. The molecule has 4 aromatic rings. The Morgan fingerprint density at radius 3 is 2.42 bits per heavy atom. The molecule has 6 heteroatoms. The van der Waals surface area contributed by atoms with Crippen LogP contribution in [0.5, 0.6) is 0 Å². The van der Waals surface area contributed by atoms with Gasteiger partial charge in [-0.2, -0.15) is 0 Å². The van der Waals surface area contributed by atoms with E-state index in [4.69, 9.17) is 0 Å². The molecule has 4 rings (SSSR count). The van der Waals surface area contributed by atoms with Gasteiger partial charge in [0.15, 0.2) is 3.83 Å². The van der Waals surface area contributed by atoms with E-state index in [2.05, 4.69) is 32.9 Å². The van der Waals surface area contributed by atoms with Crippen LogP contribution in [0, 0.1) is 9.65 Å². The Bertz CT molecular complexity index is 1110. The number of halogens is 2. The Labute approximate surface area is 162 Å². The van der Waals surface area contributed by atoms with Gasteiger partial charge in [0.25, 0.3) is 5.91 Å². The largest absolute Gasteiger partial charge is 0.322 e. The lowest BCUT2D eigenvalue weighted by atomic mass is 10.2. The molecule has 1 heterocycles. The molecule has 128 valence electrons. The number of carbonyl (C=O) groups is 1. The number of anilines is 1. The fourth-order valence-corrected chi connectivity index (χ4v) is 3.58. The van der Waals surface area contributed by atoms with Gasteiger partial charge in [0, 0.05) is 34.0 Å². The number of fused-ring (bicyclic) bond motifs is 1. The summed E-state index contributed by atoms with van der Waals surface area (Å²) >= 11 is 2.20. The Balaban J connectivity index is 1.62. The van der Waals surface area contributed by atoms with Crippen molar-refractivity contribution in [2.75, 3.05) is 5.32 Å². The number of nitrogens with zero attached hydrogens (tertiary/aromatic N) is 2. The second-order valence-corrected chi connectivity index (χ2v) is 6.65. The van der Waals surface area contributed by atoms with Crippen LogP contribution >= 0.6 is 22.6 Å². The van der Waals surface area contributed by atoms with Crippen LogP contribution in [-0.2, 0) is 0 Å². The van der Waals surface area contributed by atoms with Crippen molar-refractivity contribution in [2.24, 2.45) is 0 Å². The van der Waals surface area contributed by atoms with Crippen molar-refractivity contribution in [1.29, 1.82) is 0 Å². The van der Waals surface area contributed by atoms with Crippen LogP contribution < -0.4 is 5.32 Å². The second kappa shape index (κ2) is 6.87. The first-order valence-corrected chi connectivity index (χ1v) is 9.00. The standard InChI is InChI=1S/C20H13FIN3O/c21-16-6-2-1-5-15(16)19(26)23-13-9-11-14(12-10-13)25-18-8-4-3-7-17(18)24-20(25)22/h1-12H,(H,23,26). The summed E-state index contributed by atoms with van der Waals surface area (Å²) < 4.78 is 16.6. The third-order valence-corrected chi connectivity index (χ3v) is 4.75. The number of hydrogen-bond donors (Lipinski definition) is 1. The Morgan fingerprint density at radius 1 is 0.962 bits per heavy atom. The average Bonchev–Trinajstić information content (AvgIpc) is 2.98. The van der Waals surface area contributed by atoms with E-state index >= 15 is 0 Å². The summed E-state index contributed by atoms with van der Waals surface area (Å²) in [5.74, 6) is -1.01. The summed E-state index contributed by atoms with van der Waals surface area (Å²) in [6.45, 7) is 0. The molecule has 1 amide bonds. The van der Waals surface area contributed by atoms with Gasteiger partial charge in [0.2, 0.25) is 0 Å². The minimum absolute atomic E-state index is 0.0201. The monoisotopic (exact) mass is 457 g/mol. The molecule has 0 aliphatic carbocycles. The molecule has 1 aromatic heterocycles. The summed E-state index contributed by atoms with van der Waals surface area (Å²) in [5, 5.41) is 2.72. The van der Waals surface area contributed by atoms with Crippen LogP contribution in [0.3, 0.4) is 0 Å². The number of rotatable bonds is 3. The van der Waals surface area contributed by atoms with Gasteiger partial charge in [-0.1, -0.05) is 24.3 Å². The third-order valence-electron chi connectivity index (χ3n) is 4.02. The first-order chi connectivity index (χ1) is 12.6. The molecular formula is C20H13FIN3O. The van der Waals surface area contributed by atoms with Crippen LogP contribution in [0.1, 0.15) is 10.4 Å². The van der Waals surface area contributed by atoms with Crippen LogP contribution in [0.4, 0.5) is 10.1 Å². The van der Waals surface area contributed by atoms with E-state index in [1.54, 1.807) is 24.3 Å². The van der Waals surface area contributed by atoms with Gasteiger partial charge in [-0.15, -0.1) is 0 Å². The number of carbonyl (C=O) groups excluding carboxylic acids is 1. The maximum atomic E-state index is 13.7. The maximum absolute atomic E-state index is 13.7. The number of para-hydroxylation sites is 2. The van der Waals surface area contributed by atoms with Crippen molar-refractivity contribution in [3.63, 3.8) is 0 Å².